The summed E-state index contributed by atoms with van der Waals surface area (Å²) in [4.78, 5) is 2.00. The zero-order valence-electron chi connectivity index (χ0n) is 18.5. The molecule has 0 aromatic heterocycles. The van der Waals surface area contributed by atoms with E-state index in [4.69, 9.17) is 0 Å². The molecule has 0 aliphatic heterocycles. The third-order valence-corrected chi connectivity index (χ3v) is 4.53. The molecule has 2 heteroatoms. The molecule has 2 nitrogen and oxygen atoms in total. The quantitative estimate of drug-likeness (QED) is 0.278. The van der Waals surface area contributed by atoms with Crippen LogP contribution in [0.1, 0.15) is 123 Å². The Kier molecular flexibility index (Phi) is 26.0. The highest BCUT2D eigenvalue weighted by Crippen LogP contribution is 2.14. The van der Waals surface area contributed by atoms with E-state index in [1.165, 1.54) is 96.3 Å². The van der Waals surface area contributed by atoms with Crippen LogP contribution in [0, 0.1) is 0 Å². The Balaban J connectivity index is 0. The van der Waals surface area contributed by atoms with E-state index in [2.05, 4.69) is 13.8 Å². The fourth-order valence-corrected chi connectivity index (χ4v) is 3.00. The van der Waals surface area contributed by atoms with Crippen molar-refractivity contribution >= 4 is 0 Å². The predicted octanol–water partition coefficient (Wildman–Crippen LogP) is 7.20. The van der Waals surface area contributed by atoms with Gasteiger partial charge in [-0.25, -0.2) is 0 Å². The zero-order chi connectivity index (χ0) is 19.2. The number of unbranched alkanes of at least 4 members (excludes halogenated alkanes) is 13. The van der Waals surface area contributed by atoms with Crippen LogP contribution in [-0.2, 0) is 0 Å². The largest absolute Gasteiger partial charge is 0.393 e. The number of hydrogen-bond donors (Lipinski definition) is 1. The lowest BCUT2D eigenvalue weighted by molar-refractivity contribution is 0.147. The van der Waals surface area contributed by atoms with Crippen molar-refractivity contribution in [1.82, 2.24) is 4.90 Å². The van der Waals surface area contributed by atoms with Gasteiger partial charge in [-0.2, -0.15) is 0 Å². The lowest BCUT2D eigenvalue weighted by atomic mass is 10.0. The molecule has 0 bridgehead atoms. The van der Waals surface area contributed by atoms with Gasteiger partial charge in [0.2, 0.25) is 0 Å². The molecule has 1 N–H and O–H groups in total. The van der Waals surface area contributed by atoms with Gasteiger partial charge in [-0.3, -0.25) is 0 Å². The van der Waals surface area contributed by atoms with E-state index in [0.29, 0.717) is 0 Å². The molecule has 0 fully saturated rings. The van der Waals surface area contributed by atoms with E-state index >= 15 is 0 Å². The molecule has 0 aliphatic carbocycles. The van der Waals surface area contributed by atoms with Gasteiger partial charge in [0.15, 0.2) is 0 Å². The summed E-state index contributed by atoms with van der Waals surface area (Å²) < 4.78 is 0. The molecule has 154 valence electrons. The molecular formula is C23H51NO. The monoisotopic (exact) mass is 357 g/mol. The number of aliphatic hydroxyl groups excluding tert-OH is 1. The highest BCUT2D eigenvalue weighted by Gasteiger charge is 2.03. The first kappa shape index (κ1) is 27.1. The highest BCUT2D eigenvalue weighted by molar-refractivity contribution is 4.57. The molecule has 0 saturated heterocycles. The van der Waals surface area contributed by atoms with Gasteiger partial charge in [-0.05, 0) is 34.0 Å². The van der Waals surface area contributed by atoms with Gasteiger partial charge in [-0.1, -0.05) is 110 Å². The molecule has 0 heterocycles. The van der Waals surface area contributed by atoms with Crippen LogP contribution < -0.4 is 0 Å². The van der Waals surface area contributed by atoms with E-state index in [9.17, 15) is 5.11 Å². The Morgan fingerprint density at radius 2 is 0.760 bits per heavy atom. The van der Waals surface area contributed by atoms with Gasteiger partial charge in [0, 0.05) is 0 Å². The third kappa shape index (κ3) is 32.1. The molecule has 0 aliphatic rings. The van der Waals surface area contributed by atoms with E-state index in [1.54, 1.807) is 0 Å². The molecular weight excluding hydrogens is 306 g/mol. The minimum Gasteiger partial charge on any atom is -0.393 e. The molecule has 0 aromatic carbocycles. The molecule has 1 atom stereocenters. The minimum atomic E-state index is -0.0281. The first-order chi connectivity index (χ1) is 12.0. The molecule has 1 unspecified atom stereocenters. The minimum absolute atomic E-state index is 0.0281. The van der Waals surface area contributed by atoms with Crippen LogP contribution >= 0.6 is 0 Å². The molecule has 0 aromatic rings. The maximum atomic E-state index is 9.84. The summed E-state index contributed by atoms with van der Waals surface area (Å²) >= 11 is 0. The first-order valence-electron chi connectivity index (χ1n) is 11.3. The van der Waals surface area contributed by atoms with Gasteiger partial charge < -0.3 is 10.0 Å². The summed E-state index contributed by atoms with van der Waals surface area (Å²) in [5.41, 5.74) is 0. The SMILES string of the molecule is CCCCCCCCCCCCCCC(O)CCCCC.CN(C)C. The van der Waals surface area contributed by atoms with Crippen LogP contribution in [-0.4, -0.2) is 37.3 Å². The van der Waals surface area contributed by atoms with Crippen molar-refractivity contribution in [3.63, 3.8) is 0 Å². The maximum Gasteiger partial charge on any atom is 0.0540 e. The summed E-state index contributed by atoms with van der Waals surface area (Å²) in [6.45, 7) is 4.50. The normalized spacial score (nSPS) is 12.1. The van der Waals surface area contributed by atoms with Gasteiger partial charge in [0.05, 0.1) is 6.10 Å². The van der Waals surface area contributed by atoms with Crippen LogP contribution in [0.25, 0.3) is 0 Å². The van der Waals surface area contributed by atoms with E-state index in [0.717, 1.165) is 12.8 Å². The summed E-state index contributed by atoms with van der Waals surface area (Å²) in [7, 11) is 6.00. The summed E-state index contributed by atoms with van der Waals surface area (Å²) in [6, 6.07) is 0. The van der Waals surface area contributed by atoms with E-state index in [-0.39, 0.29) is 6.10 Å². The fourth-order valence-electron chi connectivity index (χ4n) is 3.00. The lowest BCUT2D eigenvalue weighted by Gasteiger charge is -2.09. The second kappa shape index (κ2) is 23.9. The smallest absolute Gasteiger partial charge is 0.0540 e. The summed E-state index contributed by atoms with van der Waals surface area (Å²) in [6.07, 6.45) is 22.5. The van der Waals surface area contributed by atoms with Crippen molar-refractivity contribution in [2.45, 2.75) is 129 Å². The number of nitrogens with zero attached hydrogens (tertiary/aromatic N) is 1. The Hall–Kier alpha value is -0.0800. The molecule has 0 saturated carbocycles. The van der Waals surface area contributed by atoms with Gasteiger partial charge in [0.25, 0.3) is 0 Å². The van der Waals surface area contributed by atoms with Crippen LogP contribution in [0.4, 0.5) is 0 Å². The van der Waals surface area contributed by atoms with Crippen molar-refractivity contribution < 1.29 is 5.11 Å². The average Bonchev–Trinajstić information content (AvgIpc) is 2.55. The van der Waals surface area contributed by atoms with Gasteiger partial charge in [-0.15, -0.1) is 0 Å². The van der Waals surface area contributed by atoms with Gasteiger partial charge >= 0.3 is 0 Å². The van der Waals surface area contributed by atoms with Crippen LogP contribution in [0.5, 0.6) is 0 Å². The summed E-state index contributed by atoms with van der Waals surface area (Å²) in [5, 5.41) is 9.84. The molecule has 0 spiro atoms. The first-order valence-corrected chi connectivity index (χ1v) is 11.3. The number of aliphatic hydroxyl groups is 1. The molecule has 25 heavy (non-hydrogen) atoms. The number of hydrogen-bond acceptors (Lipinski definition) is 2. The fraction of sp³-hybridized carbons (Fsp3) is 1.00. The van der Waals surface area contributed by atoms with Crippen molar-refractivity contribution in [1.29, 1.82) is 0 Å². The Labute approximate surface area is 160 Å². The highest BCUT2D eigenvalue weighted by atomic mass is 16.3. The van der Waals surface area contributed by atoms with Crippen LogP contribution in [0.2, 0.25) is 0 Å². The molecule has 0 rings (SSSR count). The second-order valence-corrected chi connectivity index (χ2v) is 8.17. The Bertz CT molecular complexity index is 215. The second-order valence-electron chi connectivity index (χ2n) is 8.17. The molecule has 0 amide bonds. The van der Waals surface area contributed by atoms with E-state index in [1.807, 2.05) is 26.0 Å². The average molecular weight is 358 g/mol. The Morgan fingerprint density at radius 1 is 0.520 bits per heavy atom. The van der Waals surface area contributed by atoms with Crippen molar-refractivity contribution in [2.75, 3.05) is 21.1 Å². The summed E-state index contributed by atoms with van der Waals surface area (Å²) in [5.74, 6) is 0. The third-order valence-electron chi connectivity index (χ3n) is 4.53. The van der Waals surface area contributed by atoms with E-state index < -0.39 is 0 Å². The Morgan fingerprint density at radius 3 is 1.12 bits per heavy atom. The van der Waals surface area contributed by atoms with Crippen LogP contribution in [0.15, 0.2) is 0 Å². The zero-order valence-corrected chi connectivity index (χ0v) is 18.5. The van der Waals surface area contributed by atoms with Crippen LogP contribution in [0.3, 0.4) is 0 Å². The lowest BCUT2D eigenvalue weighted by Crippen LogP contribution is -2.05. The maximum absolute atomic E-state index is 9.84. The van der Waals surface area contributed by atoms with Crippen molar-refractivity contribution in [2.24, 2.45) is 0 Å². The standard InChI is InChI=1S/C20H42O.C3H9N/c1-3-5-7-8-9-10-11-12-13-14-15-17-19-20(21)18-16-6-4-2;1-4(2)3/h20-21H,3-19H2,1-2H3;1-3H3. The molecule has 0 radical (unpaired) electrons. The topological polar surface area (TPSA) is 23.5 Å². The van der Waals surface area contributed by atoms with Crippen molar-refractivity contribution in [3.05, 3.63) is 0 Å². The predicted molar refractivity (Wildman–Crippen MR) is 115 cm³/mol. The van der Waals surface area contributed by atoms with Gasteiger partial charge in [0.1, 0.15) is 0 Å². The van der Waals surface area contributed by atoms with Crippen molar-refractivity contribution in [3.8, 4) is 0 Å². The number of rotatable bonds is 17.